The predicted octanol–water partition coefficient (Wildman–Crippen LogP) is 3.65. The zero-order chi connectivity index (χ0) is 19.9. The van der Waals surface area contributed by atoms with Crippen molar-refractivity contribution in [1.82, 2.24) is 14.8 Å². The molecule has 0 saturated carbocycles. The average Bonchev–Trinajstić information content (AvgIpc) is 3.10. The summed E-state index contributed by atoms with van der Waals surface area (Å²) in [5.41, 5.74) is 1.82. The summed E-state index contributed by atoms with van der Waals surface area (Å²) in [4.78, 5) is 26.5. The first-order chi connectivity index (χ1) is 13.6. The molecule has 1 aliphatic heterocycles. The Balaban J connectivity index is 0.00000300. The summed E-state index contributed by atoms with van der Waals surface area (Å²) < 4.78 is 1.97. The molecule has 29 heavy (non-hydrogen) atoms. The molecule has 0 aliphatic carbocycles. The summed E-state index contributed by atoms with van der Waals surface area (Å²) in [7, 11) is 0. The molecule has 7 heteroatoms. The highest BCUT2D eigenvalue weighted by atomic mass is 35.5. The van der Waals surface area contributed by atoms with Crippen LogP contribution in [-0.2, 0) is 16.1 Å². The molecule has 0 radical (unpaired) electrons. The Kier molecular flexibility index (Phi) is 8.99. The molecule has 1 fully saturated rings. The van der Waals surface area contributed by atoms with Crippen molar-refractivity contribution in [3.63, 3.8) is 0 Å². The number of halogens is 1. The smallest absolute Gasteiger partial charge is 0.242 e. The highest BCUT2D eigenvalue weighted by molar-refractivity contribution is 5.94. The number of fused-ring (bicyclic) bond motifs is 1. The maximum atomic E-state index is 12.4. The molecule has 3 rings (SSSR count). The predicted molar refractivity (Wildman–Crippen MR) is 121 cm³/mol. The zero-order valence-corrected chi connectivity index (χ0v) is 18.3. The number of benzene rings is 1. The van der Waals surface area contributed by atoms with Gasteiger partial charge in [0.2, 0.25) is 11.8 Å². The maximum absolute atomic E-state index is 12.4. The molecule has 2 N–H and O–H groups in total. The summed E-state index contributed by atoms with van der Waals surface area (Å²) in [6.07, 6.45) is 5.80. The Bertz CT molecular complexity index is 810. The minimum atomic E-state index is 0. The number of amides is 2. The molecule has 0 bridgehead atoms. The summed E-state index contributed by atoms with van der Waals surface area (Å²) in [6, 6.07) is 7.88. The molecular weight excluding hydrogens is 388 g/mol. The van der Waals surface area contributed by atoms with Gasteiger partial charge in [-0.2, -0.15) is 0 Å². The van der Waals surface area contributed by atoms with Crippen LogP contribution in [0.2, 0.25) is 0 Å². The van der Waals surface area contributed by atoms with Crippen LogP contribution in [0.4, 0.5) is 5.69 Å². The van der Waals surface area contributed by atoms with Gasteiger partial charge in [-0.3, -0.25) is 9.59 Å². The van der Waals surface area contributed by atoms with Gasteiger partial charge in [0, 0.05) is 42.3 Å². The third-order valence-electron chi connectivity index (χ3n) is 5.71. The van der Waals surface area contributed by atoms with Crippen molar-refractivity contribution >= 4 is 40.8 Å². The molecule has 160 valence electrons. The fourth-order valence-corrected chi connectivity index (χ4v) is 3.97. The quantitative estimate of drug-likeness (QED) is 0.685. The molecule has 1 aromatic heterocycles. The Morgan fingerprint density at radius 1 is 1.17 bits per heavy atom. The second kappa shape index (κ2) is 11.2. The van der Waals surface area contributed by atoms with E-state index in [0.717, 1.165) is 49.2 Å². The Labute approximate surface area is 179 Å². The number of nitrogens with one attached hydrogen (secondary N) is 2. The van der Waals surface area contributed by atoms with Crippen LogP contribution in [0.3, 0.4) is 0 Å². The second-order valence-electron chi connectivity index (χ2n) is 7.56. The number of carbonyl (C=O) groups excluding carboxylic acids is 2. The number of piperidine rings is 1. The Morgan fingerprint density at radius 2 is 1.90 bits per heavy atom. The molecule has 1 aromatic carbocycles. The highest BCUT2D eigenvalue weighted by Gasteiger charge is 2.15. The van der Waals surface area contributed by atoms with E-state index in [1.165, 1.54) is 12.8 Å². The SMILES string of the molecule is CCN(CC)C(=O)Cn1ccc2cc(NC(=O)CCC3CCNCC3)ccc21.Cl. The van der Waals surface area contributed by atoms with E-state index >= 15 is 0 Å². The summed E-state index contributed by atoms with van der Waals surface area (Å²) in [5, 5.41) is 7.41. The van der Waals surface area contributed by atoms with Crippen molar-refractivity contribution in [2.24, 2.45) is 5.92 Å². The first-order valence-corrected chi connectivity index (χ1v) is 10.5. The van der Waals surface area contributed by atoms with Crippen LogP contribution in [0.5, 0.6) is 0 Å². The minimum absolute atomic E-state index is 0. The van der Waals surface area contributed by atoms with E-state index in [-0.39, 0.29) is 24.2 Å². The Morgan fingerprint density at radius 3 is 2.59 bits per heavy atom. The van der Waals surface area contributed by atoms with Gasteiger partial charge in [0.1, 0.15) is 6.54 Å². The van der Waals surface area contributed by atoms with Crippen LogP contribution in [-0.4, -0.2) is 47.5 Å². The summed E-state index contributed by atoms with van der Waals surface area (Å²) >= 11 is 0. The molecule has 0 spiro atoms. The molecule has 2 amide bonds. The number of nitrogens with zero attached hydrogens (tertiary/aromatic N) is 2. The third kappa shape index (κ3) is 6.21. The summed E-state index contributed by atoms with van der Waals surface area (Å²) in [5.74, 6) is 0.860. The van der Waals surface area contributed by atoms with Crippen molar-refractivity contribution in [3.8, 4) is 0 Å². The van der Waals surface area contributed by atoms with E-state index in [9.17, 15) is 9.59 Å². The molecule has 2 heterocycles. The van der Waals surface area contributed by atoms with Crippen molar-refractivity contribution < 1.29 is 9.59 Å². The minimum Gasteiger partial charge on any atom is -0.342 e. The number of likely N-dealkylation sites (N-methyl/N-ethyl adjacent to an activating group) is 1. The maximum Gasteiger partial charge on any atom is 0.242 e. The van der Waals surface area contributed by atoms with Crippen molar-refractivity contribution in [2.45, 2.75) is 46.1 Å². The van der Waals surface area contributed by atoms with Crippen LogP contribution in [0.1, 0.15) is 39.5 Å². The van der Waals surface area contributed by atoms with E-state index in [0.29, 0.717) is 18.9 Å². The lowest BCUT2D eigenvalue weighted by Crippen LogP contribution is -2.33. The Hall–Kier alpha value is -2.05. The van der Waals surface area contributed by atoms with Crippen LogP contribution in [0.15, 0.2) is 30.5 Å². The lowest BCUT2D eigenvalue weighted by Gasteiger charge is -2.22. The van der Waals surface area contributed by atoms with Crippen LogP contribution >= 0.6 is 12.4 Å². The lowest BCUT2D eigenvalue weighted by atomic mass is 9.93. The van der Waals surface area contributed by atoms with Gasteiger partial charge in [0.25, 0.3) is 0 Å². The molecule has 0 unspecified atom stereocenters. The van der Waals surface area contributed by atoms with Gasteiger partial charge in [-0.25, -0.2) is 0 Å². The summed E-state index contributed by atoms with van der Waals surface area (Å²) in [6.45, 7) is 7.91. The number of rotatable bonds is 8. The van der Waals surface area contributed by atoms with Crippen LogP contribution < -0.4 is 10.6 Å². The van der Waals surface area contributed by atoms with Crippen LogP contribution in [0.25, 0.3) is 10.9 Å². The molecule has 0 atom stereocenters. The monoisotopic (exact) mass is 420 g/mol. The highest BCUT2D eigenvalue weighted by Crippen LogP contribution is 2.22. The van der Waals surface area contributed by atoms with Crippen molar-refractivity contribution in [3.05, 3.63) is 30.5 Å². The number of anilines is 1. The van der Waals surface area contributed by atoms with E-state index in [1.807, 2.05) is 53.8 Å². The average molecular weight is 421 g/mol. The molecule has 1 saturated heterocycles. The molecular formula is C22H33ClN4O2. The molecule has 1 aliphatic rings. The zero-order valence-electron chi connectivity index (χ0n) is 17.4. The third-order valence-corrected chi connectivity index (χ3v) is 5.71. The number of hydrogen-bond acceptors (Lipinski definition) is 3. The number of aromatic nitrogens is 1. The van der Waals surface area contributed by atoms with Crippen LogP contribution in [0, 0.1) is 5.92 Å². The first-order valence-electron chi connectivity index (χ1n) is 10.5. The van der Waals surface area contributed by atoms with E-state index in [4.69, 9.17) is 0 Å². The van der Waals surface area contributed by atoms with Crippen molar-refractivity contribution in [1.29, 1.82) is 0 Å². The fraction of sp³-hybridized carbons (Fsp3) is 0.545. The van der Waals surface area contributed by atoms with Crippen molar-refractivity contribution in [2.75, 3.05) is 31.5 Å². The fourth-order valence-electron chi connectivity index (χ4n) is 3.97. The van der Waals surface area contributed by atoms with E-state index in [1.54, 1.807) is 0 Å². The number of hydrogen-bond donors (Lipinski definition) is 2. The normalized spacial score (nSPS) is 14.4. The molecule has 2 aromatic rings. The van der Waals surface area contributed by atoms with Gasteiger partial charge in [0.15, 0.2) is 0 Å². The van der Waals surface area contributed by atoms with E-state index < -0.39 is 0 Å². The van der Waals surface area contributed by atoms with Gasteiger partial charge in [-0.05, 0) is 76.4 Å². The van der Waals surface area contributed by atoms with Gasteiger partial charge < -0.3 is 20.1 Å². The number of carbonyl (C=O) groups is 2. The lowest BCUT2D eigenvalue weighted by molar-refractivity contribution is -0.131. The van der Waals surface area contributed by atoms with E-state index in [2.05, 4.69) is 10.6 Å². The second-order valence-corrected chi connectivity index (χ2v) is 7.56. The van der Waals surface area contributed by atoms with Gasteiger partial charge >= 0.3 is 0 Å². The van der Waals surface area contributed by atoms with Gasteiger partial charge in [0.05, 0.1) is 0 Å². The van der Waals surface area contributed by atoms with Gasteiger partial charge in [-0.15, -0.1) is 12.4 Å². The molecule has 6 nitrogen and oxygen atoms in total. The first kappa shape index (κ1) is 23.2. The standard InChI is InChI=1S/C22H32N4O2.ClH/c1-3-25(4-2)22(28)16-26-14-11-18-15-19(6-7-20(18)26)24-21(27)8-5-17-9-12-23-13-10-17;/h6-7,11,14-15,17,23H,3-5,8-10,12-13,16H2,1-2H3,(H,24,27);1H. The van der Waals surface area contributed by atoms with Gasteiger partial charge in [-0.1, -0.05) is 0 Å². The largest absolute Gasteiger partial charge is 0.342 e. The topological polar surface area (TPSA) is 66.4 Å².